The van der Waals surface area contributed by atoms with Gasteiger partial charge in [0.2, 0.25) is 15.9 Å². The number of carbonyl (C=O) groups excluding carboxylic acids is 1. The summed E-state index contributed by atoms with van der Waals surface area (Å²) in [4.78, 5) is 12.9. The van der Waals surface area contributed by atoms with Gasteiger partial charge < -0.3 is 10.4 Å². The summed E-state index contributed by atoms with van der Waals surface area (Å²) in [6, 6.07) is 12.8. The van der Waals surface area contributed by atoms with Gasteiger partial charge in [0.25, 0.3) is 0 Å². The summed E-state index contributed by atoms with van der Waals surface area (Å²) >= 11 is 0. The lowest BCUT2D eigenvalue weighted by atomic mass is 9.72. The number of hydrogen-bond acceptors (Lipinski definition) is 5. The molecule has 0 heterocycles. The van der Waals surface area contributed by atoms with Crippen LogP contribution in [0.3, 0.4) is 0 Å². The van der Waals surface area contributed by atoms with Crippen molar-refractivity contribution >= 4 is 15.9 Å². The van der Waals surface area contributed by atoms with Crippen molar-refractivity contribution in [2.24, 2.45) is 5.41 Å². The van der Waals surface area contributed by atoms with Gasteiger partial charge in [0.15, 0.2) is 0 Å². The Morgan fingerprint density at radius 1 is 1.08 bits per heavy atom. The van der Waals surface area contributed by atoms with Crippen molar-refractivity contribution in [2.75, 3.05) is 0 Å². The fraction of sp³-hybridized carbons (Fsp3) is 0.440. The average molecular weight is 524 g/mol. The van der Waals surface area contributed by atoms with E-state index in [2.05, 4.69) is 16.1 Å². The van der Waals surface area contributed by atoms with Gasteiger partial charge >= 0.3 is 6.18 Å². The van der Waals surface area contributed by atoms with Gasteiger partial charge in [-0.2, -0.15) is 18.4 Å². The third-order valence-corrected chi connectivity index (χ3v) is 7.95. The van der Waals surface area contributed by atoms with Crippen LogP contribution in [0.2, 0.25) is 0 Å². The maximum Gasteiger partial charge on any atom is 0.416 e. The summed E-state index contributed by atoms with van der Waals surface area (Å²) in [5.41, 5.74) is -3.01. The quantitative estimate of drug-likeness (QED) is 0.506. The molecule has 2 aromatic rings. The van der Waals surface area contributed by atoms with E-state index in [1.807, 2.05) is 0 Å². The summed E-state index contributed by atoms with van der Waals surface area (Å²) in [5.74, 6) is -0.551. The molecule has 11 heteroatoms. The number of hydrogen-bond donors (Lipinski definition) is 3. The minimum atomic E-state index is -4.58. The Bertz CT molecular complexity index is 1210. The molecule has 0 unspecified atom stereocenters. The van der Waals surface area contributed by atoms with E-state index in [4.69, 9.17) is 0 Å². The molecule has 1 saturated carbocycles. The summed E-state index contributed by atoms with van der Waals surface area (Å²) in [6.45, 7) is 3.11. The lowest BCUT2D eigenvalue weighted by Gasteiger charge is -2.37. The number of nitriles is 1. The summed E-state index contributed by atoms with van der Waals surface area (Å²) in [7, 11) is -4.09. The number of sulfonamides is 1. The molecule has 3 N–H and O–H groups in total. The fourth-order valence-corrected chi connectivity index (χ4v) is 5.62. The number of aliphatic hydroxyl groups is 1. The second-order valence-electron chi connectivity index (χ2n) is 9.58. The van der Waals surface area contributed by atoms with Crippen LogP contribution in [0.1, 0.15) is 56.7 Å². The molecule has 2 aromatic carbocycles. The molecule has 0 aliphatic heterocycles. The van der Waals surface area contributed by atoms with E-state index >= 15 is 0 Å². The van der Waals surface area contributed by atoms with Crippen LogP contribution >= 0.6 is 0 Å². The van der Waals surface area contributed by atoms with Crippen LogP contribution in [0.25, 0.3) is 0 Å². The minimum absolute atomic E-state index is 0.0723. The van der Waals surface area contributed by atoms with E-state index in [0.717, 1.165) is 12.1 Å². The van der Waals surface area contributed by atoms with Gasteiger partial charge in [-0.1, -0.05) is 30.3 Å². The molecule has 36 heavy (non-hydrogen) atoms. The van der Waals surface area contributed by atoms with Gasteiger partial charge in [-0.05, 0) is 69.4 Å². The molecule has 7 nitrogen and oxygen atoms in total. The highest BCUT2D eigenvalue weighted by Gasteiger charge is 2.45. The van der Waals surface area contributed by atoms with Crippen LogP contribution < -0.4 is 10.0 Å². The van der Waals surface area contributed by atoms with Crippen LogP contribution in [-0.2, 0) is 21.0 Å². The van der Waals surface area contributed by atoms with E-state index in [9.17, 15) is 36.8 Å². The highest BCUT2D eigenvalue weighted by atomic mass is 32.2. The van der Waals surface area contributed by atoms with Crippen molar-refractivity contribution in [3.63, 3.8) is 0 Å². The largest absolute Gasteiger partial charge is 0.416 e. The first-order valence-electron chi connectivity index (χ1n) is 11.4. The molecule has 1 atom stereocenters. The van der Waals surface area contributed by atoms with Crippen LogP contribution in [0.5, 0.6) is 0 Å². The van der Waals surface area contributed by atoms with E-state index in [-0.39, 0.29) is 30.6 Å². The molecule has 1 fully saturated rings. The van der Waals surface area contributed by atoms with Gasteiger partial charge in [-0.15, -0.1) is 0 Å². The SMILES string of the molecule is CC(C)(O)[C@@H](NC(=O)[C@]1(C#N)CC[C@@H](NS(=O)(=O)c2ccc(C(F)(F)F)cc2)CC1)c1ccccc1. The third-order valence-electron chi connectivity index (χ3n) is 6.42. The number of alkyl halides is 3. The van der Waals surface area contributed by atoms with Gasteiger partial charge in [-0.3, -0.25) is 4.79 Å². The Hall–Kier alpha value is -2.94. The predicted molar refractivity (Wildman–Crippen MR) is 126 cm³/mol. The zero-order valence-electron chi connectivity index (χ0n) is 19.8. The molecule has 1 aliphatic rings. The second kappa shape index (κ2) is 10.2. The fourth-order valence-electron chi connectivity index (χ4n) is 4.31. The first-order valence-corrected chi connectivity index (χ1v) is 12.9. The monoisotopic (exact) mass is 523 g/mol. The van der Waals surface area contributed by atoms with E-state index in [0.29, 0.717) is 17.7 Å². The van der Waals surface area contributed by atoms with Crippen LogP contribution in [0, 0.1) is 16.7 Å². The smallest absolute Gasteiger partial charge is 0.388 e. The lowest BCUT2D eigenvalue weighted by Crippen LogP contribution is -2.50. The van der Waals surface area contributed by atoms with Crippen molar-refractivity contribution in [3.8, 4) is 6.07 Å². The van der Waals surface area contributed by atoms with Crippen LogP contribution in [0.4, 0.5) is 13.2 Å². The Kier molecular flexibility index (Phi) is 7.83. The summed E-state index contributed by atoms with van der Waals surface area (Å²) in [6.07, 6.45) is -4.07. The first kappa shape index (κ1) is 27.6. The van der Waals surface area contributed by atoms with Crippen molar-refractivity contribution < 1.29 is 31.5 Å². The summed E-state index contributed by atoms with van der Waals surface area (Å²) in [5, 5.41) is 23.3. The number of amides is 1. The second-order valence-corrected chi connectivity index (χ2v) is 11.3. The van der Waals surface area contributed by atoms with E-state index < -0.39 is 50.8 Å². The van der Waals surface area contributed by atoms with Crippen molar-refractivity contribution in [3.05, 3.63) is 65.7 Å². The molecule has 0 aromatic heterocycles. The number of nitrogens with one attached hydrogen (secondary N) is 2. The Balaban J connectivity index is 1.69. The van der Waals surface area contributed by atoms with Gasteiger partial charge in [-0.25, -0.2) is 13.1 Å². The average Bonchev–Trinajstić information content (AvgIpc) is 2.82. The van der Waals surface area contributed by atoms with E-state index in [1.165, 1.54) is 0 Å². The molecule has 194 valence electrons. The highest BCUT2D eigenvalue weighted by Crippen LogP contribution is 2.38. The molecule has 1 amide bonds. The molecule has 0 saturated heterocycles. The standard InChI is InChI=1S/C25H28F3N3O4S/c1-23(2,33)21(17-6-4-3-5-7-17)30-22(32)24(16-29)14-12-19(13-15-24)31-36(34,35)20-10-8-18(9-11-20)25(26,27)28/h3-11,19,21,31,33H,12-15H2,1-2H3,(H,30,32)/t19-,21-,24-/m0/s1. The maximum absolute atomic E-state index is 13.2. The van der Waals surface area contributed by atoms with Gasteiger partial charge in [0.1, 0.15) is 5.41 Å². The third kappa shape index (κ3) is 6.24. The number of nitrogens with zero attached hydrogens (tertiary/aromatic N) is 1. The normalized spacial score (nSPS) is 21.9. The molecular formula is C25H28F3N3O4S. The van der Waals surface area contributed by atoms with Crippen molar-refractivity contribution in [1.29, 1.82) is 5.26 Å². The molecule has 0 radical (unpaired) electrons. The number of halogens is 3. The van der Waals surface area contributed by atoms with Crippen molar-refractivity contribution in [1.82, 2.24) is 10.0 Å². The topological polar surface area (TPSA) is 119 Å². The maximum atomic E-state index is 13.2. The lowest BCUT2D eigenvalue weighted by molar-refractivity contribution is -0.137. The predicted octanol–water partition coefficient (Wildman–Crippen LogP) is 4.06. The zero-order chi connectivity index (χ0) is 26.8. The Morgan fingerprint density at radius 3 is 2.11 bits per heavy atom. The number of rotatable bonds is 7. The molecule has 0 spiro atoms. The Morgan fingerprint density at radius 2 is 1.64 bits per heavy atom. The van der Waals surface area contributed by atoms with Crippen molar-refractivity contribution in [2.45, 2.75) is 68.3 Å². The zero-order valence-corrected chi connectivity index (χ0v) is 20.7. The summed E-state index contributed by atoms with van der Waals surface area (Å²) < 4.78 is 66.1. The number of carbonyl (C=O) groups is 1. The van der Waals surface area contributed by atoms with Gasteiger partial charge in [0, 0.05) is 6.04 Å². The molecular weight excluding hydrogens is 495 g/mol. The Labute approximate surface area is 208 Å². The van der Waals surface area contributed by atoms with Gasteiger partial charge in [0.05, 0.1) is 28.2 Å². The molecule has 3 rings (SSSR count). The minimum Gasteiger partial charge on any atom is -0.388 e. The van der Waals surface area contributed by atoms with Crippen LogP contribution in [0.15, 0.2) is 59.5 Å². The highest BCUT2D eigenvalue weighted by molar-refractivity contribution is 7.89. The molecule has 0 bridgehead atoms. The van der Waals surface area contributed by atoms with Crippen LogP contribution in [-0.4, -0.2) is 31.1 Å². The first-order chi connectivity index (χ1) is 16.7. The molecule has 1 aliphatic carbocycles. The van der Waals surface area contributed by atoms with E-state index in [1.54, 1.807) is 44.2 Å². The number of benzene rings is 2.